The maximum Gasteiger partial charge on any atom is 0.224 e. The van der Waals surface area contributed by atoms with Crippen molar-refractivity contribution >= 4 is 27.7 Å². The van der Waals surface area contributed by atoms with Gasteiger partial charge >= 0.3 is 0 Å². The molecule has 0 bridgehead atoms. The first kappa shape index (κ1) is 17.2. The quantitative estimate of drug-likeness (QED) is 0.708. The van der Waals surface area contributed by atoms with Gasteiger partial charge in [0.15, 0.2) is 0 Å². The second-order valence-electron chi connectivity index (χ2n) is 5.89. The van der Waals surface area contributed by atoms with Crippen LogP contribution in [0.4, 0.5) is 11.8 Å². The van der Waals surface area contributed by atoms with E-state index >= 15 is 0 Å². The predicted molar refractivity (Wildman–Crippen MR) is 87.1 cm³/mol. The molecule has 1 aromatic rings. The first-order chi connectivity index (χ1) is 9.38. The Morgan fingerprint density at radius 1 is 1.40 bits per heavy atom. The van der Waals surface area contributed by atoms with Crippen molar-refractivity contribution in [2.45, 2.75) is 46.6 Å². The third kappa shape index (κ3) is 5.25. The molecule has 0 saturated carbocycles. The molecule has 1 unspecified atom stereocenters. The predicted octanol–water partition coefficient (Wildman–Crippen LogP) is 3.27. The molecule has 0 aromatic carbocycles. The van der Waals surface area contributed by atoms with Crippen molar-refractivity contribution in [3.63, 3.8) is 0 Å². The smallest absolute Gasteiger partial charge is 0.224 e. The van der Waals surface area contributed by atoms with Crippen LogP contribution in [0.5, 0.6) is 0 Å². The molecule has 0 amide bonds. The lowest BCUT2D eigenvalue weighted by Crippen LogP contribution is -2.35. The van der Waals surface area contributed by atoms with Crippen LogP contribution in [0.25, 0.3) is 0 Å². The van der Waals surface area contributed by atoms with E-state index in [0.29, 0.717) is 12.4 Å². The first-order valence-electron chi connectivity index (χ1n) is 7.02. The normalized spacial score (nSPS) is 13.1. The fraction of sp³-hybridized carbons (Fsp3) is 0.714. The molecular weight excluding hydrogens is 320 g/mol. The number of aliphatic hydroxyl groups excluding tert-OH is 1. The molecule has 0 saturated heterocycles. The van der Waals surface area contributed by atoms with Crippen LogP contribution in [-0.4, -0.2) is 34.3 Å². The minimum absolute atomic E-state index is 0.0319. The Kier molecular flexibility index (Phi) is 6.68. The molecule has 20 heavy (non-hydrogen) atoms. The van der Waals surface area contributed by atoms with E-state index in [2.05, 4.69) is 64.2 Å². The van der Waals surface area contributed by atoms with Gasteiger partial charge in [-0.05, 0) is 34.2 Å². The van der Waals surface area contributed by atoms with Crippen molar-refractivity contribution in [3.05, 3.63) is 10.7 Å². The molecule has 0 aliphatic heterocycles. The summed E-state index contributed by atoms with van der Waals surface area (Å²) in [4.78, 5) is 8.72. The SMILES string of the molecule is CCCNc1ncc(Br)c(NC(CCO)C(C)(C)C)n1. The summed E-state index contributed by atoms with van der Waals surface area (Å²) in [6.45, 7) is 9.53. The van der Waals surface area contributed by atoms with Crippen molar-refractivity contribution in [1.82, 2.24) is 9.97 Å². The molecule has 0 aliphatic carbocycles. The van der Waals surface area contributed by atoms with E-state index in [1.54, 1.807) is 6.20 Å². The fourth-order valence-electron chi connectivity index (χ4n) is 1.81. The third-order valence-electron chi connectivity index (χ3n) is 3.05. The summed E-state index contributed by atoms with van der Waals surface area (Å²) in [5, 5.41) is 15.8. The van der Waals surface area contributed by atoms with Gasteiger partial charge in [0.05, 0.1) is 4.47 Å². The average molecular weight is 345 g/mol. The summed E-state index contributed by atoms with van der Waals surface area (Å²) in [5.41, 5.74) is 0.0319. The van der Waals surface area contributed by atoms with Gasteiger partial charge in [-0.1, -0.05) is 27.7 Å². The summed E-state index contributed by atoms with van der Waals surface area (Å²) in [5.74, 6) is 1.38. The molecule has 5 nitrogen and oxygen atoms in total. The molecular formula is C14H25BrN4O. The molecule has 1 atom stereocenters. The van der Waals surface area contributed by atoms with E-state index in [1.807, 2.05) is 0 Å². The molecule has 6 heteroatoms. The van der Waals surface area contributed by atoms with Gasteiger partial charge in [0.2, 0.25) is 5.95 Å². The summed E-state index contributed by atoms with van der Waals surface area (Å²) in [6, 6.07) is 0.137. The number of hydrogen-bond donors (Lipinski definition) is 3. The molecule has 0 aliphatic rings. The average Bonchev–Trinajstić information content (AvgIpc) is 2.37. The van der Waals surface area contributed by atoms with Crippen LogP contribution in [-0.2, 0) is 0 Å². The molecule has 1 rings (SSSR count). The van der Waals surface area contributed by atoms with Gasteiger partial charge in [0.1, 0.15) is 5.82 Å². The van der Waals surface area contributed by atoms with Gasteiger partial charge in [-0.15, -0.1) is 0 Å². The largest absolute Gasteiger partial charge is 0.396 e. The van der Waals surface area contributed by atoms with E-state index in [9.17, 15) is 5.11 Å². The summed E-state index contributed by atoms with van der Waals surface area (Å²) < 4.78 is 0.826. The Morgan fingerprint density at radius 2 is 2.10 bits per heavy atom. The number of aliphatic hydroxyl groups is 1. The molecule has 114 valence electrons. The Morgan fingerprint density at radius 3 is 2.65 bits per heavy atom. The first-order valence-corrected chi connectivity index (χ1v) is 7.81. The second kappa shape index (κ2) is 7.78. The van der Waals surface area contributed by atoms with Gasteiger partial charge in [-0.2, -0.15) is 4.98 Å². The van der Waals surface area contributed by atoms with Gasteiger partial charge in [-0.25, -0.2) is 4.98 Å². The fourth-order valence-corrected chi connectivity index (χ4v) is 2.11. The number of aromatic nitrogens is 2. The van der Waals surface area contributed by atoms with Crippen molar-refractivity contribution < 1.29 is 5.11 Å². The van der Waals surface area contributed by atoms with Crippen molar-refractivity contribution in [3.8, 4) is 0 Å². The lowest BCUT2D eigenvalue weighted by Gasteiger charge is -2.31. The highest BCUT2D eigenvalue weighted by molar-refractivity contribution is 9.10. The number of nitrogens with zero attached hydrogens (tertiary/aromatic N) is 2. The summed E-state index contributed by atoms with van der Waals surface area (Å²) in [6.07, 6.45) is 3.45. The van der Waals surface area contributed by atoms with Gasteiger partial charge in [0, 0.05) is 25.4 Å². The van der Waals surface area contributed by atoms with Crippen LogP contribution in [0, 0.1) is 5.41 Å². The van der Waals surface area contributed by atoms with E-state index in [-0.39, 0.29) is 18.1 Å². The lowest BCUT2D eigenvalue weighted by atomic mass is 9.85. The molecule has 1 aromatic heterocycles. The van der Waals surface area contributed by atoms with Crippen LogP contribution in [0.1, 0.15) is 40.5 Å². The minimum atomic E-state index is 0.0319. The maximum absolute atomic E-state index is 9.22. The molecule has 0 fully saturated rings. The number of hydrogen-bond acceptors (Lipinski definition) is 5. The lowest BCUT2D eigenvalue weighted by molar-refractivity contribution is 0.235. The zero-order valence-electron chi connectivity index (χ0n) is 12.7. The highest BCUT2D eigenvalue weighted by atomic mass is 79.9. The number of rotatable bonds is 7. The van der Waals surface area contributed by atoms with Crippen LogP contribution in [0.15, 0.2) is 10.7 Å². The van der Waals surface area contributed by atoms with Crippen LogP contribution in [0.3, 0.4) is 0 Å². The van der Waals surface area contributed by atoms with Crippen molar-refractivity contribution in [1.29, 1.82) is 0 Å². The van der Waals surface area contributed by atoms with E-state index < -0.39 is 0 Å². The van der Waals surface area contributed by atoms with Crippen molar-refractivity contribution in [2.24, 2.45) is 5.41 Å². The Hall–Kier alpha value is -0.880. The second-order valence-corrected chi connectivity index (χ2v) is 6.75. The van der Waals surface area contributed by atoms with Crippen LogP contribution in [0.2, 0.25) is 0 Å². The molecule has 0 spiro atoms. The number of nitrogens with one attached hydrogen (secondary N) is 2. The minimum Gasteiger partial charge on any atom is -0.396 e. The van der Waals surface area contributed by atoms with Crippen LogP contribution < -0.4 is 10.6 Å². The summed E-state index contributed by atoms with van der Waals surface area (Å²) in [7, 11) is 0. The Labute approximate surface area is 129 Å². The van der Waals surface area contributed by atoms with E-state index in [4.69, 9.17) is 0 Å². The Bertz CT molecular complexity index is 420. The van der Waals surface area contributed by atoms with Crippen LogP contribution >= 0.6 is 15.9 Å². The van der Waals surface area contributed by atoms with E-state index in [1.165, 1.54) is 0 Å². The number of halogens is 1. The molecule has 3 N–H and O–H groups in total. The third-order valence-corrected chi connectivity index (χ3v) is 3.63. The van der Waals surface area contributed by atoms with Gasteiger partial charge < -0.3 is 15.7 Å². The monoisotopic (exact) mass is 344 g/mol. The van der Waals surface area contributed by atoms with Gasteiger partial charge in [0.25, 0.3) is 0 Å². The summed E-state index contributed by atoms with van der Waals surface area (Å²) >= 11 is 3.47. The van der Waals surface area contributed by atoms with E-state index in [0.717, 1.165) is 23.3 Å². The highest BCUT2D eigenvalue weighted by Crippen LogP contribution is 2.28. The zero-order chi connectivity index (χ0) is 15.2. The maximum atomic E-state index is 9.22. The van der Waals surface area contributed by atoms with Gasteiger partial charge in [-0.3, -0.25) is 0 Å². The standard InChI is InChI=1S/C14H25BrN4O/c1-5-7-16-13-17-9-10(15)12(19-13)18-11(6-8-20)14(2,3)4/h9,11,20H,5-8H2,1-4H3,(H2,16,17,18,19). The van der Waals surface area contributed by atoms with Crippen molar-refractivity contribution in [2.75, 3.05) is 23.8 Å². The topological polar surface area (TPSA) is 70.1 Å². The number of anilines is 2. The zero-order valence-corrected chi connectivity index (χ0v) is 14.3. The Balaban J connectivity index is 2.88. The molecule has 0 radical (unpaired) electrons. The molecule has 1 heterocycles. The highest BCUT2D eigenvalue weighted by Gasteiger charge is 2.25.